The maximum Gasteiger partial charge on any atom is 0.270 e. The van der Waals surface area contributed by atoms with Gasteiger partial charge in [0.2, 0.25) is 0 Å². The Morgan fingerprint density at radius 1 is 1.27 bits per heavy atom. The molecule has 0 radical (unpaired) electrons. The van der Waals surface area contributed by atoms with Crippen LogP contribution in [0.3, 0.4) is 0 Å². The Bertz CT molecular complexity index is 719. The molecule has 2 aromatic carbocycles. The maximum atomic E-state index is 12.3. The van der Waals surface area contributed by atoms with Crippen LogP contribution in [0.4, 0.5) is 5.69 Å². The third kappa shape index (κ3) is 3.84. The highest BCUT2D eigenvalue weighted by atomic mass is 79.9. The van der Waals surface area contributed by atoms with Crippen LogP contribution in [0.5, 0.6) is 0 Å². The number of hydrogen-bond donors (Lipinski definition) is 1. The minimum absolute atomic E-state index is 0.0832. The van der Waals surface area contributed by atoms with Gasteiger partial charge in [-0.1, -0.05) is 39.7 Å². The second kappa shape index (κ2) is 6.89. The zero-order valence-corrected chi connectivity index (χ0v) is 13.9. The van der Waals surface area contributed by atoms with Crippen molar-refractivity contribution in [2.24, 2.45) is 0 Å². The highest BCUT2D eigenvalue weighted by molar-refractivity contribution is 9.10. The normalized spacial score (nSPS) is 11.8. The van der Waals surface area contributed by atoms with E-state index in [4.69, 9.17) is 11.6 Å². The Morgan fingerprint density at radius 3 is 2.50 bits per heavy atom. The Kier molecular flexibility index (Phi) is 5.15. The van der Waals surface area contributed by atoms with Crippen molar-refractivity contribution in [3.05, 3.63) is 73.2 Å². The van der Waals surface area contributed by atoms with E-state index in [1.807, 2.05) is 31.2 Å². The second-order valence-corrected chi connectivity index (χ2v) is 5.99. The SMILES string of the molecule is C[C@H](NC(=O)c1cc([N+](=O)[O-])ccc1Cl)c1ccc(Br)cc1. The molecular formula is C15H12BrClN2O3. The number of nitro groups is 1. The number of carbonyl (C=O) groups is 1. The van der Waals surface area contributed by atoms with Crippen LogP contribution in [0.2, 0.25) is 5.02 Å². The number of nitrogens with zero attached hydrogens (tertiary/aromatic N) is 1. The van der Waals surface area contributed by atoms with Gasteiger partial charge in [0.1, 0.15) is 0 Å². The molecule has 0 aliphatic heterocycles. The van der Waals surface area contributed by atoms with Crippen molar-refractivity contribution >= 4 is 39.1 Å². The molecular weight excluding hydrogens is 372 g/mol. The largest absolute Gasteiger partial charge is 0.345 e. The number of hydrogen-bond acceptors (Lipinski definition) is 3. The lowest BCUT2D eigenvalue weighted by Gasteiger charge is -2.15. The fraction of sp³-hybridized carbons (Fsp3) is 0.133. The Hall–Kier alpha value is -1.92. The molecule has 2 aromatic rings. The first-order valence-electron chi connectivity index (χ1n) is 6.38. The number of amides is 1. The number of halogens is 2. The van der Waals surface area contributed by atoms with Crippen molar-refractivity contribution in [1.82, 2.24) is 5.32 Å². The van der Waals surface area contributed by atoms with E-state index in [1.54, 1.807) is 0 Å². The molecule has 0 bridgehead atoms. The van der Waals surface area contributed by atoms with Crippen molar-refractivity contribution in [2.45, 2.75) is 13.0 Å². The lowest BCUT2D eigenvalue weighted by atomic mass is 10.1. The first-order chi connectivity index (χ1) is 10.4. The van der Waals surface area contributed by atoms with Crippen LogP contribution in [0, 0.1) is 10.1 Å². The van der Waals surface area contributed by atoms with Gasteiger partial charge in [-0.2, -0.15) is 0 Å². The third-order valence-corrected chi connectivity index (χ3v) is 3.98. The van der Waals surface area contributed by atoms with Crippen LogP contribution >= 0.6 is 27.5 Å². The zero-order valence-electron chi connectivity index (χ0n) is 11.5. The van der Waals surface area contributed by atoms with Gasteiger partial charge in [-0.25, -0.2) is 0 Å². The molecule has 1 amide bonds. The summed E-state index contributed by atoms with van der Waals surface area (Å²) < 4.78 is 0.941. The molecule has 22 heavy (non-hydrogen) atoms. The summed E-state index contributed by atoms with van der Waals surface area (Å²) in [6.45, 7) is 1.83. The van der Waals surface area contributed by atoms with Crippen molar-refractivity contribution < 1.29 is 9.72 Å². The molecule has 0 spiro atoms. The summed E-state index contributed by atoms with van der Waals surface area (Å²) in [6, 6.07) is 11.0. The molecule has 0 aromatic heterocycles. The van der Waals surface area contributed by atoms with Gasteiger partial charge in [0.15, 0.2) is 0 Å². The molecule has 0 fully saturated rings. The summed E-state index contributed by atoms with van der Waals surface area (Å²) in [6.07, 6.45) is 0. The Labute approximate surface area is 140 Å². The van der Waals surface area contributed by atoms with E-state index >= 15 is 0 Å². The molecule has 0 aliphatic carbocycles. The second-order valence-electron chi connectivity index (χ2n) is 4.67. The first-order valence-corrected chi connectivity index (χ1v) is 7.56. The number of non-ortho nitro benzene ring substituents is 1. The summed E-state index contributed by atoms with van der Waals surface area (Å²) in [5.74, 6) is -0.455. The molecule has 0 aliphatic rings. The van der Waals surface area contributed by atoms with Gasteiger partial charge in [-0.3, -0.25) is 14.9 Å². The van der Waals surface area contributed by atoms with E-state index in [0.29, 0.717) is 0 Å². The van der Waals surface area contributed by atoms with Crippen LogP contribution in [-0.4, -0.2) is 10.8 Å². The molecule has 5 nitrogen and oxygen atoms in total. The zero-order chi connectivity index (χ0) is 16.3. The van der Waals surface area contributed by atoms with Gasteiger partial charge in [0.25, 0.3) is 11.6 Å². The van der Waals surface area contributed by atoms with E-state index in [0.717, 1.165) is 10.0 Å². The minimum atomic E-state index is -0.564. The van der Waals surface area contributed by atoms with Crippen LogP contribution < -0.4 is 5.32 Å². The smallest absolute Gasteiger partial charge is 0.270 e. The quantitative estimate of drug-likeness (QED) is 0.624. The number of benzene rings is 2. The Morgan fingerprint density at radius 2 is 1.91 bits per heavy atom. The van der Waals surface area contributed by atoms with Crippen LogP contribution in [-0.2, 0) is 0 Å². The monoisotopic (exact) mass is 382 g/mol. The van der Waals surface area contributed by atoms with Crippen molar-refractivity contribution in [3.63, 3.8) is 0 Å². The average Bonchev–Trinajstić information content (AvgIpc) is 2.47. The highest BCUT2D eigenvalue weighted by Crippen LogP contribution is 2.23. The molecule has 0 saturated heterocycles. The fourth-order valence-corrected chi connectivity index (χ4v) is 2.38. The number of nitro benzene ring substituents is 1. The molecule has 0 unspecified atom stereocenters. The summed E-state index contributed by atoms with van der Waals surface area (Å²) >= 11 is 9.30. The third-order valence-electron chi connectivity index (χ3n) is 3.12. The van der Waals surface area contributed by atoms with Gasteiger partial charge < -0.3 is 5.32 Å². The lowest BCUT2D eigenvalue weighted by molar-refractivity contribution is -0.384. The standard InChI is InChI=1S/C15H12BrClN2O3/c1-9(10-2-4-11(16)5-3-10)18-15(20)13-8-12(19(21)22)6-7-14(13)17/h2-9H,1H3,(H,18,20)/t9-/m0/s1. The summed E-state index contributed by atoms with van der Waals surface area (Å²) in [7, 11) is 0. The highest BCUT2D eigenvalue weighted by Gasteiger charge is 2.18. The first kappa shape index (κ1) is 16.5. The van der Waals surface area contributed by atoms with Crippen LogP contribution in [0.25, 0.3) is 0 Å². The number of carbonyl (C=O) groups excluding carboxylic acids is 1. The summed E-state index contributed by atoms with van der Waals surface area (Å²) in [4.78, 5) is 22.5. The van der Waals surface area contributed by atoms with Crippen molar-refractivity contribution in [1.29, 1.82) is 0 Å². The van der Waals surface area contributed by atoms with Crippen molar-refractivity contribution in [3.8, 4) is 0 Å². The average molecular weight is 384 g/mol. The van der Waals surface area contributed by atoms with E-state index < -0.39 is 10.8 Å². The molecule has 1 N–H and O–H groups in total. The lowest BCUT2D eigenvalue weighted by Crippen LogP contribution is -2.26. The van der Waals surface area contributed by atoms with E-state index in [2.05, 4.69) is 21.2 Å². The summed E-state index contributed by atoms with van der Waals surface area (Å²) in [5, 5.41) is 13.7. The molecule has 2 rings (SSSR count). The van der Waals surface area contributed by atoms with Crippen LogP contribution in [0.1, 0.15) is 28.9 Å². The van der Waals surface area contributed by atoms with E-state index in [9.17, 15) is 14.9 Å². The van der Waals surface area contributed by atoms with Crippen molar-refractivity contribution in [2.75, 3.05) is 0 Å². The van der Waals surface area contributed by atoms with E-state index in [-0.39, 0.29) is 22.3 Å². The van der Waals surface area contributed by atoms with Crippen LogP contribution in [0.15, 0.2) is 46.9 Å². The van der Waals surface area contributed by atoms with Gasteiger partial charge in [-0.15, -0.1) is 0 Å². The molecule has 1 atom stereocenters. The van der Waals surface area contributed by atoms with Gasteiger partial charge in [0.05, 0.1) is 21.6 Å². The summed E-state index contributed by atoms with van der Waals surface area (Å²) in [5.41, 5.74) is 0.823. The molecule has 0 heterocycles. The fourth-order valence-electron chi connectivity index (χ4n) is 1.91. The minimum Gasteiger partial charge on any atom is -0.345 e. The number of nitrogens with one attached hydrogen (secondary N) is 1. The predicted molar refractivity (Wildman–Crippen MR) is 88.1 cm³/mol. The van der Waals surface area contributed by atoms with Gasteiger partial charge in [0, 0.05) is 16.6 Å². The topological polar surface area (TPSA) is 72.2 Å². The molecule has 114 valence electrons. The number of rotatable bonds is 4. The van der Waals surface area contributed by atoms with Gasteiger partial charge >= 0.3 is 0 Å². The molecule has 7 heteroatoms. The Balaban J connectivity index is 2.20. The van der Waals surface area contributed by atoms with E-state index in [1.165, 1.54) is 18.2 Å². The predicted octanol–water partition coefficient (Wildman–Crippen LogP) is 4.50. The maximum absolute atomic E-state index is 12.3. The molecule has 0 saturated carbocycles. The van der Waals surface area contributed by atoms with Gasteiger partial charge in [-0.05, 0) is 30.7 Å².